The molecule has 0 saturated heterocycles. The molecule has 2 aromatic rings. The summed E-state index contributed by atoms with van der Waals surface area (Å²) in [5.41, 5.74) is 1.17. The maximum atomic E-state index is 11.8. The smallest absolute Gasteiger partial charge is 0.343 e. The number of anilines is 1. The van der Waals surface area contributed by atoms with Gasteiger partial charge in [-0.25, -0.2) is 4.79 Å². The highest BCUT2D eigenvalue weighted by Gasteiger charge is 2.19. The number of nitrogens with zero attached hydrogens (tertiary/aromatic N) is 3. The highest BCUT2D eigenvalue weighted by molar-refractivity contribution is 7.10. The molecule has 0 amide bonds. The van der Waals surface area contributed by atoms with Gasteiger partial charge in [0, 0.05) is 19.9 Å². The Morgan fingerprint density at radius 1 is 1.45 bits per heavy atom. The normalized spacial score (nSPS) is 10.6. The van der Waals surface area contributed by atoms with Crippen LogP contribution in [0.2, 0.25) is 0 Å². The zero-order valence-electron chi connectivity index (χ0n) is 11.6. The van der Waals surface area contributed by atoms with Gasteiger partial charge in [0.1, 0.15) is 10.6 Å². The van der Waals surface area contributed by atoms with Gasteiger partial charge in [0.15, 0.2) is 5.82 Å². The molecule has 2 rings (SSSR count). The molecule has 0 aliphatic rings. The van der Waals surface area contributed by atoms with Gasteiger partial charge in [-0.3, -0.25) is 0 Å². The molecule has 2 heterocycles. The van der Waals surface area contributed by atoms with Gasteiger partial charge in [-0.05, 0) is 25.4 Å². The van der Waals surface area contributed by atoms with Gasteiger partial charge in [-0.15, -0.1) is 0 Å². The van der Waals surface area contributed by atoms with Gasteiger partial charge in [0.25, 0.3) is 0 Å². The maximum absolute atomic E-state index is 11.8. The minimum Gasteiger partial charge on any atom is -0.462 e. The molecule has 7 nitrogen and oxygen atoms in total. The minimum atomic E-state index is -0.350. The van der Waals surface area contributed by atoms with Crippen LogP contribution in [-0.2, 0) is 11.2 Å². The highest BCUT2D eigenvalue weighted by atomic mass is 32.1. The van der Waals surface area contributed by atoms with Crippen molar-refractivity contribution in [1.82, 2.24) is 14.5 Å². The van der Waals surface area contributed by atoms with Gasteiger partial charge < -0.3 is 14.6 Å². The van der Waals surface area contributed by atoms with Gasteiger partial charge in [0.2, 0.25) is 5.89 Å². The Morgan fingerprint density at radius 3 is 2.90 bits per heavy atom. The predicted octanol–water partition coefficient (Wildman–Crippen LogP) is 1.97. The average Bonchev–Trinajstić information content (AvgIpc) is 2.97. The number of rotatable bonds is 6. The van der Waals surface area contributed by atoms with Crippen molar-refractivity contribution in [2.24, 2.45) is 0 Å². The summed E-state index contributed by atoms with van der Waals surface area (Å²) in [6, 6.07) is 0. The van der Waals surface area contributed by atoms with Crippen LogP contribution in [0.4, 0.5) is 5.00 Å². The van der Waals surface area contributed by atoms with Crippen LogP contribution in [0.5, 0.6) is 0 Å². The molecule has 108 valence electrons. The summed E-state index contributed by atoms with van der Waals surface area (Å²) in [5, 5.41) is 7.68. The van der Waals surface area contributed by atoms with Crippen molar-refractivity contribution in [2.75, 3.05) is 18.5 Å². The molecule has 8 heteroatoms. The molecule has 0 aromatic carbocycles. The number of carbonyl (C=O) groups excluding carboxylic acids is 1. The van der Waals surface area contributed by atoms with Crippen molar-refractivity contribution < 1.29 is 14.1 Å². The standard InChI is InChI=1S/C12H16N4O3S/c1-4-18-12(17)10-7(2)16-20-11(10)13-6-5-9-14-8(3)19-15-9/h13H,4-6H2,1-3H3. The fraction of sp³-hybridized carbons (Fsp3) is 0.500. The number of nitrogens with one attached hydrogen (secondary N) is 1. The molecular weight excluding hydrogens is 280 g/mol. The molecule has 0 atom stereocenters. The van der Waals surface area contributed by atoms with E-state index in [1.807, 2.05) is 0 Å². The molecular formula is C12H16N4O3S. The van der Waals surface area contributed by atoms with E-state index in [-0.39, 0.29) is 5.97 Å². The van der Waals surface area contributed by atoms with E-state index < -0.39 is 0 Å². The van der Waals surface area contributed by atoms with E-state index in [0.717, 1.165) is 0 Å². The first-order chi connectivity index (χ1) is 9.61. The number of hydrogen-bond acceptors (Lipinski definition) is 8. The summed E-state index contributed by atoms with van der Waals surface area (Å²) in [5.74, 6) is 0.825. The Kier molecular flexibility index (Phi) is 4.67. The summed E-state index contributed by atoms with van der Waals surface area (Å²) in [6.07, 6.45) is 0.608. The second-order valence-corrected chi connectivity index (χ2v) is 4.87. The number of esters is 1. The van der Waals surface area contributed by atoms with Crippen LogP contribution in [0, 0.1) is 13.8 Å². The first-order valence-corrected chi connectivity index (χ1v) is 7.05. The van der Waals surface area contributed by atoms with Crippen molar-refractivity contribution in [3.63, 3.8) is 0 Å². The zero-order chi connectivity index (χ0) is 14.5. The van der Waals surface area contributed by atoms with Crippen LogP contribution in [0.1, 0.15) is 34.7 Å². The Balaban J connectivity index is 1.97. The fourth-order valence-corrected chi connectivity index (χ4v) is 2.47. The van der Waals surface area contributed by atoms with E-state index in [0.29, 0.717) is 47.5 Å². The largest absolute Gasteiger partial charge is 0.462 e. The third kappa shape index (κ3) is 3.32. The molecule has 0 aliphatic carbocycles. The van der Waals surface area contributed by atoms with E-state index in [9.17, 15) is 4.79 Å². The maximum Gasteiger partial charge on any atom is 0.343 e. The summed E-state index contributed by atoms with van der Waals surface area (Å²) in [4.78, 5) is 16.0. The van der Waals surface area contributed by atoms with Crippen LogP contribution in [0.15, 0.2) is 4.52 Å². The van der Waals surface area contributed by atoms with E-state index in [1.54, 1.807) is 20.8 Å². The fourth-order valence-electron chi connectivity index (χ4n) is 1.66. The lowest BCUT2D eigenvalue weighted by Gasteiger charge is -2.05. The third-order valence-corrected chi connectivity index (χ3v) is 3.44. The zero-order valence-corrected chi connectivity index (χ0v) is 12.4. The number of aromatic nitrogens is 3. The highest BCUT2D eigenvalue weighted by Crippen LogP contribution is 2.25. The monoisotopic (exact) mass is 296 g/mol. The molecule has 20 heavy (non-hydrogen) atoms. The van der Waals surface area contributed by atoms with Crippen LogP contribution in [0.3, 0.4) is 0 Å². The average molecular weight is 296 g/mol. The third-order valence-electron chi connectivity index (χ3n) is 2.55. The lowest BCUT2D eigenvalue weighted by atomic mass is 10.2. The molecule has 0 aliphatic heterocycles. The molecule has 0 spiro atoms. The van der Waals surface area contributed by atoms with E-state index >= 15 is 0 Å². The van der Waals surface area contributed by atoms with Crippen LogP contribution < -0.4 is 5.32 Å². The minimum absolute atomic E-state index is 0.343. The second kappa shape index (κ2) is 6.47. The van der Waals surface area contributed by atoms with Crippen LogP contribution in [-0.4, -0.2) is 33.6 Å². The van der Waals surface area contributed by atoms with Crippen molar-refractivity contribution in [3.05, 3.63) is 23.0 Å². The lowest BCUT2D eigenvalue weighted by molar-refractivity contribution is 0.0527. The molecule has 0 unspecified atom stereocenters. The molecule has 2 aromatic heterocycles. The van der Waals surface area contributed by atoms with Gasteiger partial charge in [0.05, 0.1) is 12.3 Å². The molecule has 0 bridgehead atoms. The van der Waals surface area contributed by atoms with Gasteiger partial charge in [-0.2, -0.15) is 9.36 Å². The molecule has 0 fully saturated rings. The number of aryl methyl sites for hydroxylation is 2. The predicted molar refractivity (Wildman–Crippen MR) is 74.0 cm³/mol. The molecule has 0 radical (unpaired) electrons. The van der Waals surface area contributed by atoms with Crippen LogP contribution in [0.25, 0.3) is 0 Å². The first-order valence-electron chi connectivity index (χ1n) is 6.28. The van der Waals surface area contributed by atoms with Gasteiger partial charge in [-0.1, -0.05) is 5.16 Å². The number of carbonyl (C=O) groups is 1. The molecule has 1 N–H and O–H groups in total. The summed E-state index contributed by atoms with van der Waals surface area (Å²) in [6.45, 7) is 6.24. The van der Waals surface area contributed by atoms with E-state index in [2.05, 4.69) is 19.8 Å². The Hall–Kier alpha value is -1.96. The van der Waals surface area contributed by atoms with Gasteiger partial charge >= 0.3 is 5.97 Å². The van der Waals surface area contributed by atoms with E-state index in [4.69, 9.17) is 9.26 Å². The lowest BCUT2D eigenvalue weighted by Crippen LogP contribution is -2.11. The Labute approximate surface area is 120 Å². The number of hydrogen-bond donors (Lipinski definition) is 1. The summed E-state index contributed by atoms with van der Waals surface area (Å²) in [7, 11) is 0. The van der Waals surface area contributed by atoms with Crippen LogP contribution >= 0.6 is 11.5 Å². The SMILES string of the molecule is CCOC(=O)c1c(C)nsc1NCCc1noc(C)n1. The van der Waals surface area contributed by atoms with Crippen molar-refractivity contribution in [2.45, 2.75) is 27.2 Å². The summed E-state index contributed by atoms with van der Waals surface area (Å²) >= 11 is 1.24. The van der Waals surface area contributed by atoms with Crippen molar-refractivity contribution in [1.29, 1.82) is 0 Å². The quantitative estimate of drug-likeness (QED) is 0.815. The molecule has 0 saturated carbocycles. The van der Waals surface area contributed by atoms with E-state index in [1.165, 1.54) is 11.5 Å². The Morgan fingerprint density at radius 2 is 2.25 bits per heavy atom. The topological polar surface area (TPSA) is 90.1 Å². The van der Waals surface area contributed by atoms with Crippen molar-refractivity contribution >= 4 is 22.5 Å². The van der Waals surface area contributed by atoms with Crippen molar-refractivity contribution in [3.8, 4) is 0 Å². The summed E-state index contributed by atoms with van der Waals surface area (Å²) < 4.78 is 14.1. The second-order valence-electron chi connectivity index (χ2n) is 4.10. The Bertz CT molecular complexity index is 593. The first kappa shape index (κ1) is 14.4. The number of ether oxygens (including phenoxy) is 1.